The van der Waals surface area contributed by atoms with Crippen molar-refractivity contribution in [3.63, 3.8) is 0 Å². The fourth-order valence-electron chi connectivity index (χ4n) is 3.98. The van der Waals surface area contributed by atoms with Crippen LogP contribution in [0.25, 0.3) is 22.6 Å². The number of hydrogen-bond acceptors (Lipinski definition) is 5. The Morgan fingerprint density at radius 3 is 2.62 bits per heavy atom. The molecule has 1 aliphatic carbocycles. The summed E-state index contributed by atoms with van der Waals surface area (Å²) in [4.78, 5) is 31.7. The molecule has 4 nitrogen and oxygen atoms in total. The summed E-state index contributed by atoms with van der Waals surface area (Å²) in [5.74, 6) is -0.775. The second kappa shape index (κ2) is 8.69. The van der Waals surface area contributed by atoms with Crippen LogP contribution in [0.15, 0.2) is 66.0 Å². The lowest BCUT2D eigenvalue weighted by Gasteiger charge is -2.12. The van der Waals surface area contributed by atoms with Gasteiger partial charge in [-0.1, -0.05) is 35.9 Å². The molecule has 2 aromatic carbocycles. The second-order valence-corrected chi connectivity index (χ2v) is 8.94. The van der Waals surface area contributed by atoms with Gasteiger partial charge >= 0.3 is 5.97 Å². The maximum Gasteiger partial charge on any atom is 0.339 e. The lowest BCUT2D eigenvalue weighted by atomic mass is 10.0. The summed E-state index contributed by atoms with van der Waals surface area (Å²) in [5.41, 5.74) is 4.53. The smallest absolute Gasteiger partial charge is 0.339 e. The largest absolute Gasteiger partial charge is 0.454 e. The number of rotatable bonds is 5. The van der Waals surface area contributed by atoms with Gasteiger partial charge in [-0.2, -0.15) is 0 Å². The third-order valence-electron chi connectivity index (χ3n) is 5.51. The van der Waals surface area contributed by atoms with Crippen LogP contribution in [0.1, 0.15) is 43.3 Å². The van der Waals surface area contributed by atoms with E-state index in [0.717, 1.165) is 39.0 Å². The molecule has 2 heterocycles. The number of carbonyl (C=O) groups excluding carboxylic acids is 2. The van der Waals surface area contributed by atoms with Crippen molar-refractivity contribution >= 4 is 57.2 Å². The normalized spacial score (nSPS) is 14.0. The van der Waals surface area contributed by atoms with Gasteiger partial charge in [0.05, 0.1) is 16.8 Å². The van der Waals surface area contributed by atoms with E-state index in [1.807, 2.05) is 35.7 Å². The number of thiophene rings is 1. The number of nitrogens with zero attached hydrogens (tertiary/aromatic N) is 1. The summed E-state index contributed by atoms with van der Waals surface area (Å²) in [7, 11) is 0. The molecule has 6 heteroatoms. The first kappa shape index (κ1) is 20.6. The predicted octanol–water partition coefficient (Wildman–Crippen LogP) is 6.48. The van der Waals surface area contributed by atoms with Gasteiger partial charge < -0.3 is 4.74 Å². The number of aromatic nitrogens is 1. The Bertz CT molecular complexity index is 1360. The first-order valence-corrected chi connectivity index (χ1v) is 11.5. The Balaban J connectivity index is 1.49. The number of allylic oxidation sites excluding steroid dienone is 1. The highest BCUT2D eigenvalue weighted by Gasteiger charge is 2.28. The van der Waals surface area contributed by atoms with Gasteiger partial charge in [0.25, 0.3) is 0 Å². The van der Waals surface area contributed by atoms with Crippen LogP contribution < -0.4 is 0 Å². The molecule has 158 valence electrons. The van der Waals surface area contributed by atoms with Gasteiger partial charge in [-0.05, 0) is 71.8 Å². The molecule has 32 heavy (non-hydrogen) atoms. The Labute approximate surface area is 194 Å². The average Bonchev–Trinajstić information content (AvgIpc) is 3.46. The highest BCUT2D eigenvalue weighted by atomic mass is 35.5. The van der Waals surface area contributed by atoms with Crippen molar-refractivity contribution in [2.45, 2.75) is 12.8 Å². The van der Waals surface area contributed by atoms with Gasteiger partial charge in [-0.3, -0.25) is 4.79 Å². The lowest BCUT2D eigenvalue weighted by molar-refractivity contribution is 0.0475. The Morgan fingerprint density at radius 2 is 1.84 bits per heavy atom. The van der Waals surface area contributed by atoms with Crippen LogP contribution in [0.4, 0.5) is 0 Å². The van der Waals surface area contributed by atoms with Crippen LogP contribution in [-0.4, -0.2) is 23.3 Å². The van der Waals surface area contributed by atoms with E-state index in [2.05, 4.69) is 12.1 Å². The maximum absolute atomic E-state index is 13.2. The molecule has 0 spiro atoms. The fourth-order valence-corrected chi connectivity index (χ4v) is 4.79. The highest BCUT2D eigenvalue weighted by molar-refractivity contribution is 7.10. The number of pyridine rings is 1. The molecule has 2 aromatic heterocycles. The maximum atomic E-state index is 13.2. The number of benzene rings is 2. The third-order valence-corrected chi connectivity index (χ3v) is 6.58. The van der Waals surface area contributed by atoms with Crippen LogP contribution in [0.3, 0.4) is 0 Å². The van der Waals surface area contributed by atoms with E-state index in [1.165, 1.54) is 0 Å². The Kier molecular flexibility index (Phi) is 5.60. The monoisotopic (exact) mass is 459 g/mol. The molecule has 0 saturated carbocycles. The predicted molar refractivity (Wildman–Crippen MR) is 128 cm³/mol. The van der Waals surface area contributed by atoms with Gasteiger partial charge in [-0.25, -0.2) is 9.78 Å². The van der Waals surface area contributed by atoms with Crippen molar-refractivity contribution in [2.24, 2.45) is 0 Å². The quantitative estimate of drug-likeness (QED) is 0.253. The summed E-state index contributed by atoms with van der Waals surface area (Å²) in [5, 5.41) is 3.33. The van der Waals surface area contributed by atoms with Gasteiger partial charge in [0, 0.05) is 20.8 Å². The third kappa shape index (κ3) is 3.97. The topological polar surface area (TPSA) is 56.3 Å². The molecule has 0 saturated heterocycles. The minimum atomic E-state index is -0.500. The van der Waals surface area contributed by atoms with Crippen LogP contribution >= 0.6 is 22.9 Å². The van der Waals surface area contributed by atoms with E-state index in [9.17, 15) is 9.59 Å². The van der Waals surface area contributed by atoms with E-state index in [1.54, 1.807) is 35.6 Å². The van der Waals surface area contributed by atoms with Crippen LogP contribution in [0.5, 0.6) is 0 Å². The molecule has 4 aromatic rings. The van der Waals surface area contributed by atoms with E-state index in [0.29, 0.717) is 22.6 Å². The minimum Gasteiger partial charge on any atom is -0.454 e. The van der Waals surface area contributed by atoms with Crippen molar-refractivity contribution in [1.29, 1.82) is 0 Å². The molecule has 0 bridgehead atoms. The van der Waals surface area contributed by atoms with Crippen molar-refractivity contribution < 1.29 is 14.3 Å². The number of halogens is 1. The van der Waals surface area contributed by atoms with E-state index < -0.39 is 5.97 Å². The number of ketones is 1. The van der Waals surface area contributed by atoms with E-state index >= 15 is 0 Å². The zero-order valence-electron chi connectivity index (χ0n) is 17.0. The van der Waals surface area contributed by atoms with Crippen molar-refractivity contribution in [1.82, 2.24) is 4.98 Å². The lowest BCUT2D eigenvalue weighted by Crippen LogP contribution is -2.16. The highest BCUT2D eigenvalue weighted by Crippen LogP contribution is 2.38. The number of carbonyl (C=O) groups is 2. The molecule has 0 fully saturated rings. The Morgan fingerprint density at radius 1 is 1.03 bits per heavy atom. The summed E-state index contributed by atoms with van der Waals surface area (Å²) < 4.78 is 5.48. The fraction of sp³-hybridized carbons (Fsp3) is 0.115. The van der Waals surface area contributed by atoms with Gasteiger partial charge in [0.1, 0.15) is 0 Å². The summed E-state index contributed by atoms with van der Waals surface area (Å²) in [6, 6.07) is 18.2. The second-order valence-electron chi connectivity index (χ2n) is 7.52. The first-order chi connectivity index (χ1) is 15.6. The zero-order chi connectivity index (χ0) is 22.1. The van der Waals surface area contributed by atoms with Gasteiger partial charge in [0.15, 0.2) is 12.4 Å². The number of fused-ring (bicyclic) bond motifs is 2. The standard InChI is InChI=1S/C26H18ClNO3S/c27-18-10-7-16(8-11-18)23(29)15-31-26(30)24-20-5-1-2-6-22(20)28-25-17(9-12-21(24)25)14-19-4-3-13-32-19/h1-8,10-11,13-14H,9,12,15H2. The average molecular weight is 460 g/mol. The number of para-hydroxylation sites is 1. The van der Waals surface area contributed by atoms with Gasteiger partial charge in [0.2, 0.25) is 0 Å². The molecule has 0 atom stereocenters. The van der Waals surface area contributed by atoms with Crippen molar-refractivity contribution in [3.8, 4) is 0 Å². The molecular formula is C26H18ClNO3S. The summed E-state index contributed by atoms with van der Waals surface area (Å²) in [6.45, 7) is -0.330. The number of esters is 1. The van der Waals surface area contributed by atoms with Gasteiger partial charge in [-0.15, -0.1) is 11.3 Å². The Hall–Kier alpha value is -3.28. The van der Waals surface area contributed by atoms with Crippen molar-refractivity contribution in [3.05, 3.63) is 98.3 Å². The van der Waals surface area contributed by atoms with Crippen LogP contribution in [0, 0.1) is 0 Å². The number of ether oxygens (including phenoxy) is 1. The minimum absolute atomic E-state index is 0.275. The molecular weight excluding hydrogens is 442 g/mol. The van der Waals surface area contributed by atoms with E-state index in [-0.39, 0.29) is 12.4 Å². The number of Topliss-reactive ketones (excluding diaryl/α,β-unsaturated/α-hetero) is 1. The zero-order valence-corrected chi connectivity index (χ0v) is 18.6. The first-order valence-electron chi connectivity index (χ1n) is 10.2. The molecule has 0 N–H and O–H groups in total. The molecule has 0 unspecified atom stereocenters. The summed E-state index contributed by atoms with van der Waals surface area (Å²) in [6.07, 6.45) is 3.65. The molecule has 0 aliphatic heterocycles. The molecule has 5 rings (SSSR count). The number of hydrogen-bond donors (Lipinski definition) is 0. The van der Waals surface area contributed by atoms with E-state index in [4.69, 9.17) is 21.3 Å². The van der Waals surface area contributed by atoms with Crippen LogP contribution in [0.2, 0.25) is 5.02 Å². The van der Waals surface area contributed by atoms with Crippen LogP contribution in [-0.2, 0) is 11.2 Å². The molecule has 0 amide bonds. The SMILES string of the molecule is O=C(COC(=O)c1c2c(nc3ccccc13)C(=Cc1cccs1)CC2)c1ccc(Cl)cc1. The van der Waals surface area contributed by atoms with Crippen molar-refractivity contribution in [2.75, 3.05) is 6.61 Å². The molecule has 0 radical (unpaired) electrons. The summed E-state index contributed by atoms with van der Waals surface area (Å²) >= 11 is 7.55. The molecule has 1 aliphatic rings.